The lowest BCUT2D eigenvalue weighted by Crippen LogP contribution is -2.45. The van der Waals surface area contributed by atoms with E-state index >= 15 is 0 Å². The first-order valence-electron chi connectivity index (χ1n) is 9.72. The van der Waals surface area contributed by atoms with Gasteiger partial charge in [-0.15, -0.1) is 0 Å². The molecule has 1 aliphatic heterocycles. The molecule has 0 radical (unpaired) electrons. The summed E-state index contributed by atoms with van der Waals surface area (Å²) in [5.74, 6) is -0.927. The number of thioether (sulfide) groups is 1. The molecule has 1 N–H and O–H groups in total. The Kier molecular flexibility index (Phi) is 6.38. The molecular formula is C23H16N2O6S2. The van der Waals surface area contributed by atoms with Gasteiger partial charge in [-0.1, -0.05) is 66.4 Å². The maximum Gasteiger partial charge on any atom is 0.327 e. The molecule has 1 aliphatic rings. The third kappa shape index (κ3) is 4.86. The molecule has 1 amide bonds. The number of nitro groups is 1. The Morgan fingerprint density at radius 1 is 1.18 bits per heavy atom. The van der Waals surface area contributed by atoms with E-state index in [1.54, 1.807) is 48.5 Å². The molecule has 1 saturated heterocycles. The fourth-order valence-corrected chi connectivity index (χ4v) is 4.70. The van der Waals surface area contributed by atoms with Gasteiger partial charge in [-0.3, -0.25) is 19.8 Å². The van der Waals surface area contributed by atoms with Crippen molar-refractivity contribution in [3.8, 4) is 11.3 Å². The Morgan fingerprint density at radius 2 is 1.94 bits per heavy atom. The summed E-state index contributed by atoms with van der Waals surface area (Å²) < 4.78 is 5.90. The molecule has 166 valence electrons. The minimum absolute atomic E-state index is 0.0653. The number of carboxylic acids is 1. The van der Waals surface area contributed by atoms with Crippen LogP contribution in [0.2, 0.25) is 0 Å². The molecule has 3 aromatic rings. The first kappa shape index (κ1) is 22.4. The maximum atomic E-state index is 13.0. The van der Waals surface area contributed by atoms with Gasteiger partial charge >= 0.3 is 5.97 Å². The normalized spacial score (nSPS) is 15.8. The van der Waals surface area contributed by atoms with Gasteiger partial charge in [0.15, 0.2) is 0 Å². The molecule has 8 nitrogen and oxygen atoms in total. The Hall–Kier alpha value is -3.76. The Morgan fingerprint density at radius 3 is 2.64 bits per heavy atom. The molecule has 33 heavy (non-hydrogen) atoms. The second-order valence-electron chi connectivity index (χ2n) is 7.10. The zero-order valence-corrected chi connectivity index (χ0v) is 18.5. The number of aliphatic carboxylic acids is 1. The van der Waals surface area contributed by atoms with Gasteiger partial charge in [-0.2, -0.15) is 0 Å². The van der Waals surface area contributed by atoms with Crippen molar-refractivity contribution in [2.45, 2.75) is 12.5 Å². The van der Waals surface area contributed by atoms with Crippen LogP contribution in [0.3, 0.4) is 0 Å². The molecule has 1 fully saturated rings. The lowest BCUT2D eigenvalue weighted by Gasteiger charge is -2.23. The lowest BCUT2D eigenvalue weighted by atomic mass is 10.0. The topological polar surface area (TPSA) is 114 Å². The van der Waals surface area contributed by atoms with E-state index in [0.29, 0.717) is 17.1 Å². The summed E-state index contributed by atoms with van der Waals surface area (Å²) in [4.78, 5) is 36.8. The highest BCUT2D eigenvalue weighted by atomic mass is 32.2. The van der Waals surface area contributed by atoms with Gasteiger partial charge in [-0.05, 0) is 17.7 Å². The molecule has 1 unspecified atom stereocenters. The average molecular weight is 481 g/mol. The number of non-ortho nitro benzene ring substituents is 1. The highest BCUT2D eigenvalue weighted by Gasteiger charge is 2.40. The standard InChI is InChI=1S/C23H16N2O6S2/c26-21-20(13-17-9-10-19(31-17)15-7-4-8-16(12-15)25(29)30)33-23(32)24(21)18(22(27)28)11-14-5-2-1-3-6-14/h1-10,12-13,18H,11H2,(H,27,28)/b20-13+. The van der Waals surface area contributed by atoms with Crippen molar-refractivity contribution in [3.63, 3.8) is 0 Å². The van der Waals surface area contributed by atoms with E-state index in [4.69, 9.17) is 16.6 Å². The van der Waals surface area contributed by atoms with Crippen molar-refractivity contribution in [2.24, 2.45) is 0 Å². The van der Waals surface area contributed by atoms with Crippen LogP contribution >= 0.6 is 24.0 Å². The maximum absolute atomic E-state index is 13.0. The number of nitro benzene ring substituents is 1. The SMILES string of the molecule is O=C(O)C(Cc1ccccc1)N1C(=O)/C(=C\c2ccc(-c3cccc([N+](=O)[O-])c3)o2)SC1=S. The van der Waals surface area contributed by atoms with Crippen LogP contribution in [-0.2, 0) is 16.0 Å². The van der Waals surface area contributed by atoms with Gasteiger partial charge < -0.3 is 9.52 Å². The number of rotatable bonds is 7. The van der Waals surface area contributed by atoms with Gasteiger partial charge in [0.05, 0.1) is 9.83 Å². The van der Waals surface area contributed by atoms with E-state index in [9.17, 15) is 24.8 Å². The van der Waals surface area contributed by atoms with Gasteiger partial charge in [0.1, 0.15) is 21.9 Å². The quantitative estimate of drug-likeness (QED) is 0.223. The van der Waals surface area contributed by atoms with E-state index in [1.165, 1.54) is 18.2 Å². The van der Waals surface area contributed by atoms with Crippen LogP contribution < -0.4 is 0 Å². The van der Waals surface area contributed by atoms with E-state index in [2.05, 4.69) is 0 Å². The van der Waals surface area contributed by atoms with Crippen LogP contribution in [0.5, 0.6) is 0 Å². The average Bonchev–Trinajstić information content (AvgIpc) is 3.37. The van der Waals surface area contributed by atoms with Crippen molar-refractivity contribution in [2.75, 3.05) is 0 Å². The second-order valence-corrected chi connectivity index (χ2v) is 8.78. The molecule has 1 atom stereocenters. The minimum Gasteiger partial charge on any atom is -0.480 e. The number of nitrogens with zero attached hydrogens (tertiary/aromatic N) is 2. The summed E-state index contributed by atoms with van der Waals surface area (Å²) in [6, 6.07) is 17.1. The van der Waals surface area contributed by atoms with E-state index in [0.717, 1.165) is 22.2 Å². The highest BCUT2D eigenvalue weighted by Crippen LogP contribution is 2.36. The molecule has 1 aromatic heterocycles. The van der Waals surface area contributed by atoms with Crippen molar-refractivity contribution in [1.82, 2.24) is 4.90 Å². The molecule has 4 rings (SSSR count). The molecule has 0 aliphatic carbocycles. The minimum atomic E-state index is -1.15. The largest absolute Gasteiger partial charge is 0.480 e. The zero-order valence-electron chi connectivity index (χ0n) is 16.9. The number of thiocarbonyl (C=S) groups is 1. The first-order valence-corrected chi connectivity index (χ1v) is 10.9. The second kappa shape index (κ2) is 9.39. The van der Waals surface area contributed by atoms with Crippen molar-refractivity contribution in [3.05, 3.63) is 93.1 Å². The van der Waals surface area contributed by atoms with Crippen LogP contribution in [0.15, 0.2) is 76.1 Å². The molecule has 2 heterocycles. The fourth-order valence-electron chi connectivity index (χ4n) is 3.36. The number of benzene rings is 2. The summed E-state index contributed by atoms with van der Waals surface area (Å²) in [6.45, 7) is 0. The monoisotopic (exact) mass is 480 g/mol. The number of furan rings is 1. The summed E-state index contributed by atoms with van der Waals surface area (Å²) in [5.41, 5.74) is 1.23. The molecular weight excluding hydrogens is 464 g/mol. The van der Waals surface area contributed by atoms with Crippen molar-refractivity contribution >= 4 is 51.9 Å². The summed E-state index contributed by atoms with van der Waals surface area (Å²) in [6.07, 6.45) is 1.61. The molecule has 0 bridgehead atoms. The lowest BCUT2D eigenvalue weighted by molar-refractivity contribution is -0.384. The number of hydrogen-bond donors (Lipinski definition) is 1. The van der Waals surface area contributed by atoms with Gasteiger partial charge in [-0.25, -0.2) is 4.79 Å². The smallest absolute Gasteiger partial charge is 0.327 e. The van der Waals surface area contributed by atoms with Crippen LogP contribution in [0, 0.1) is 10.1 Å². The Labute approximate surface area is 197 Å². The first-order chi connectivity index (χ1) is 15.8. The van der Waals surface area contributed by atoms with Crippen LogP contribution in [0.25, 0.3) is 17.4 Å². The molecule has 10 heteroatoms. The third-order valence-corrected chi connectivity index (χ3v) is 6.26. The predicted octanol–water partition coefficient (Wildman–Crippen LogP) is 4.75. The highest BCUT2D eigenvalue weighted by molar-refractivity contribution is 8.26. The number of amides is 1. The third-order valence-electron chi connectivity index (χ3n) is 4.93. The van der Waals surface area contributed by atoms with Crippen LogP contribution in [0.4, 0.5) is 5.69 Å². The molecule has 0 spiro atoms. The Bertz CT molecular complexity index is 1280. The van der Waals surface area contributed by atoms with E-state index in [1.807, 2.05) is 6.07 Å². The molecule has 0 saturated carbocycles. The summed E-state index contributed by atoms with van der Waals surface area (Å²) >= 11 is 6.31. The van der Waals surface area contributed by atoms with Crippen LogP contribution in [-0.4, -0.2) is 37.2 Å². The summed E-state index contributed by atoms with van der Waals surface area (Å²) in [7, 11) is 0. The Balaban J connectivity index is 1.57. The van der Waals surface area contributed by atoms with Crippen molar-refractivity contribution < 1.29 is 24.0 Å². The fraction of sp³-hybridized carbons (Fsp3) is 0.0870. The van der Waals surface area contributed by atoms with Gasteiger partial charge in [0, 0.05) is 30.2 Å². The number of carbonyl (C=O) groups excluding carboxylic acids is 1. The zero-order chi connectivity index (χ0) is 23.5. The van der Waals surface area contributed by atoms with Crippen LogP contribution in [0.1, 0.15) is 11.3 Å². The molecule has 2 aromatic carbocycles. The number of carbonyl (C=O) groups is 2. The summed E-state index contributed by atoms with van der Waals surface area (Å²) in [5, 5.41) is 20.8. The van der Waals surface area contributed by atoms with Crippen molar-refractivity contribution in [1.29, 1.82) is 0 Å². The van der Waals surface area contributed by atoms with Gasteiger partial charge in [0.25, 0.3) is 11.6 Å². The number of hydrogen-bond acceptors (Lipinski definition) is 7. The van der Waals surface area contributed by atoms with Gasteiger partial charge in [0.2, 0.25) is 0 Å². The number of carboxylic acid groups (broad SMARTS) is 1. The predicted molar refractivity (Wildman–Crippen MR) is 127 cm³/mol. The van der Waals surface area contributed by atoms with E-state index in [-0.39, 0.29) is 21.3 Å². The van der Waals surface area contributed by atoms with E-state index < -0.39 is 22.8 Å².